The molecule has 0 spiro atoms. The van der Waals surface area contributed by atoms with Crippen molar-refractivity contribution in [1.82, 2.24) is 0 Å². The van der Waals surface area contributed by atoms with E-state index in [0.29, 0.717) is 12.0 Å². The summed E-state index contributed by atoms with van der Waals surface area (Å²) < 4.78 is 11.5. The van der Waals surface area contributed by atoms with Gasteiger partial charge in [-0.3, -0.25) is 0 Å². The van der Waals surface area contributed by atoms with Crippen molar-refractivity contribution in [1.29, 1.82) is 0 Å². The second-order valence-electron chi connectivity index (χ2n) is 8.56. The minimum absolute atomic E-state index is 0.122. The first-order chi connectivity index (χ1) is 14.9. The van der Waals surface area contributed by atoms with Crippen LogP contribution < -0.4 is 4.74 Å². The molecule has 1 saturated heterocycles. The van der Waals surface area contributed by atoms with Crippen LogP contribution in [0.3, 0.4) is 0 Å². The fourth-order valence-electron chi connectivity index (χ4n) is 4.11. The van der Waals surface area contributed by atoms with E-state index in [2.05, 4.69) is 0 Å². The van der Waals surface area contributed by atoms with Gasteiger partial charge in [0.15, 0.2) is 0 Å². The highest BCUT2D eigenvalue weighted by Crippen LogP contribution is 2.34. The Balaban J connectivity index is 1.49. The summed E-state index contributed by atoms with van der Waals surface area (Å²) in [6.07, 6.45) is -4.05. The van der Waals surface area contributed by atoms with Crippen LogP contribution in [0, 0.1) is 6.92 Å². The maximum Gasteiger partial charge on any atom is 0.125 e. The number of aryl methyl sites for hydroxylation is 1. The minimum atomic E-state index is -1.40. The summed E-state index contributed by atoms with van der Waals surface area (Å²) in [5, 5.41) is 49.6. The Hall–Kier alpha value is -2.00. The molecule has 5 N–H and O–H groups in total. The summed E-state index contributed by atoms with van der Waals surface area (Å²) in [5.41, 5.74) is 3.87. The molecule has 7 heteroatoms. The average molecular weight is 430 g/mol. The molecule has 2 fully saturated rings. The monoisotopic (exact) mass is 430 g/mol. The fraction of sp³-hybridized carbons (Fsp3) is 0.500. The first-order valence-corrected chi connectivity index (χ1v) is 10.7. The van der Waals surface area contributed by atoms with Gasteiger partial charge in [-0.1, -0.05) is 30.3 Å². The number of aliphatic hydroxyl groups is 5. The molecule has 3 unspecified atom stereocenters. The first kappa shape index (κ1) is 22.2. The van der Waals surface area contributed by atoms with Gasteiger partial charge in [-0.05, 0) is 60.6 Å². The van der Waals surface area contributed by atoms with Gasteiger partial charge >= 0.3 is 0 Å². The molecule has 31 heavy (non-hydrogen) atoms. The van der Waals surface area contributed by atoms with Crippen LogP contribution >= 0.6 is 0 Å². The Morgan fingerprint density at radius 2 is 1.68 bits per heavy atom. The van der Waals surface area contributed by atoms with Gasteiger partial charge in [-0.2, -0.15) is 0 Å². The van der Waals surface area contributed by atoms with Gasteiger partial charge in [0.2, 0.25) is 0 Å². The molecular weight excluding hydrogens is 400 g/mol. The maximum absolute atomic E-state index is 10.4. The normalized spacial score (nSPS) is 33.0. The fourth-order valence-corrected chi connectivity index (χ4v) is 4.11. The maximum atomic E-state index is 10.4. The van der Waals surface area contributed by atoms with Crippen LogP contribution in [0.15, 0.2) is 42.5 Å². The molecule has 1 aliphatic carbocycles. The van der Waals surface area contributed by atoms with E-state index in [1.807, 2.05) is 49.4 Å². The lowest BCUT2D eigenvalue weighted by atomic mass is 9.89. The Morgan fingerprint density at radius 3 is 2.29 bits per heavy atom. The minimum Gasteiger partial charge on any atom is -0.488 e. The van der Waals surface area contributed by atoms with Crippen LogP contribution in [0.25, 0.3) is 0 Å². The Morgan fingerprint density at radius 1 is 0.935 bits per heavy atom. The molecule has 1 heterocycles. The van der Waals surface area contributed by atoms with Crippen molar-refractivity contribution in [3.05, 3.63) is 64.7 Å². The Kier molecular flexibility index (Phi) is 6.62. The van der Waals surface area contributed by atoms with Crippen LogP contribution in [-0.2, 0) is 11.2 Å². The predicted molar refractivity (Wildman–Crippen MR) is 113 cm³/mol. The molecule has 2 aromatic carbocycles. The van der Waals surface area contributed by atoms with Crippen molar-refractivity contribution >= 4 is 0 Å². The molecule has 7 atom stereocenters. The van der Waals surface area contributed by atoms with Crippen LogP contribution in [0.4, 0.5) is 0 Å². The zero-order valence-electron chi connectivity index (χ0n) is 17.5. The number of hydrogen-bond acceptors (Lipinski definition) is 7. The first-order valence-electron chi connectivity index (χ1n) is 10.7. The molecule has 1 aliphatic heterocycles. The van der Waals surface area contributed by atoms with Crippen LogP contribution in [0.5, 0.6) is 5.75 Å². The Bertz CT molecular complexity index is 882. The van der Waals surface area contributed by atoms with Crippen molar-refractivity contribution < 1.29 is 35.0 Å². The number of hydrogen-bond donors (Lipinski definition) is 5. The number of ether oxygens (including phenoxy) is 2. The van der Waals surface area contributed by atoms with Gasteiger partial charge < -0.3 is 35.0 Å². The molecule has 0 amide bonds. The van der Waals surface area contributed by atoms with E-state index in [9.17, 15) is 25.5 Å². The molecule has 1 saturated carbocycles. The third-order valence-corrected chi connectivity index (χ3v) is 6.38. The number of benzene rings is 2. The van der Waals surface area contributed by atoms with E-state index < -0.39 is 37.1 Å². The highest BCUT2D eigenvalue weighted by Gasteiger charge is 2.44. The van der Waals surface area contributed by atoms with E-state index in [1.54, 1.807) is 0 Å². The van der Waals surface area contributed by atoms with E-state index >= 15 is 0 Å². The molecular formula is C24H30O7. The van der Waals surface area contributed by atoms with Crippen molar-refractivity contribution in [2.45, 2.75) is 68.9 Å². The summed E-state index contributed by atoms with van der Waals surface area (Å²) in [4.78, 5) is 0. The van der Waals surface area contributed by atoms with Crippen molar-refractivity contribution in [2.75, 3.05) is 6.61 Å². The lowest BCUT2D eigenvalue weighted by Crippen LogP contribution is -2.55. The van der Waals surface area contributed by atoms with Crippen LogP contribution in [0.1, 0.15) is 41.2 Å². The van der Waals surface area contributed by atoms with Gasteiger partial charge in [0.25, 0.3) is 0 Å². The molecule has 0 bridgehead atoms. The van der Waals surface area contributed by atoms with Crippen LogP contribution in [-0.4, -0.2) is 68.8 Å². The third-order valence-electron chi connectivity index (χ3n) is 6.38. The van der Waals surface area contributed by atoms with Gasteiger partial charge in [0.1, 0.15) is 42.4 Å². The Labute approximate surface area is 181 Å². The largest absolute Gasteiger partial charge is 0.488 e. The standard InChI is InChI=1S/C24H30O7/c1-13-2-5-15(24-23(29)22(28)21(27)20(12-25)31-24)11-16(13)10-14-3-6-17(7-4-14)30-19-9-8-18(19)26/h2-7,11,18-29H,8-10,12H2,1H3/t18?,19?,20-,21-,22?,23-,24+/m1/s1. The smallest absolute Gasteiger partial charge is 0.125 e. The van der Waals surface area contributed by atoms with Gasteiger partial charge in [-0.25, -0.2) is 0 Å². The lowest BCUT2D eigenvalue weighted by Gasteiger charge is -2.40. The predicted octanol–water partition coefficient (Wildman–Crippen LogP) is 1.00. The zero-order valence-corrected chi connectivity index (χ0v) is 17.5. The van der Waals surface area contributed by atoms with E-state index in [0.717, 1.165) is 35.3 Å². The van der Waals surface area contributed by atoms with Gasteiger partial charge in [0.05, 0.1) is 12.7 Å². The third kappa shape index (κ3) is 4.62. The average Bonchev–Trinajstić information content (AvgIpc) is 2.78. The number of rotatable bonds is 6. The van der Waals surface area contributed by atoms with E-state index in [1.165, 1.54) is 0 Å². The second kappa shape index (κ2) is 9.24. The summed E-state index contributed by atoms with van der Waals surface area (Å²) >= 11 is 0. The lowest BCUT2D eigenvalue weighted by molar-refractivity contribution is -0.231. The molecule has 2 aromatic rings. The van der Waals surface area contributed by atoms with E-state index in [4.69, 9.17) is 9.47 Å². The van der Waals surface area contributed by atoms with Crippen molar-refractivity contribution in [3.8, 4) is 5.75 Å². The summed E-state index contributed by atoms with van der Waals surface area (Å²) in [6.45, 7) is 1.55. The molecule has 4 rings (SSSR count). The molecule has 7 nitrogen and oxygen atoms in total. The zero-order chi connectivity index (χ0) is 22.1. The van der Waals surface area contributed by atoms with E-state index in [-0.39, 0.29) is 12.2 Å². The molecule has 0 aromatic heterocycles. The highest BCUT2D eigenvalue weighted by molar-refractivity contribution is 5.38. The van der Waals surface area contributed by atoms with Crippen molar-refractivity contribution in [3.63, 3.8) is 0 Å². The quantitative estimate of drug-likeness (QED) is 0.464. The topological polar surface area (TPSA) is 120 Å². The summed E-state index contributed by atoms with van der Waals surface area (Å²) in [7, 11) is 0. The van der Waals surface area contributed by atoms with Crippen molar-refractivity contribution in [2.24, 2.45) is 0 Å². The van der Waals surface area contributed by atoms with Gasteiger partial charge in [-0.15, -0.1) is 0 Å². The molecule has 2 aliphatic rings. The highest BCUT2D eigenvalue weighted by atomic mass is 16.5. The summed E-state index contributed by atoms with van der Waals surface area (Å²) in [6, 6.07) is 13.5. The van der Waals surface area contributed by atoms with Crippen LogP contribution in [0.2, 0.25) is 0 Å². The summed E-state index contributed by atoms with van der Waals surface area (Å²) in [5.74, 6) is 0.735. The SMILES string of the molecule is Cc1ccc([C@@H]2O[C@H](CO)[C@@H](O)C(O)[C@H]2O)cc1Cc1ccc(OC2CCC2O)cc1. The number of aliphatic hydroxyl groups excluding tert-OH is 5. The molecule has 0 radical (unpaired) electrons. The molecule has 168 valence electrons. The second-order valence-corrected chi connectivity index (χ2v) is 8.56. The van der Waals surface area contributed by atoms with Gasteiger partial charge in [0, 0.05) is 0 Å².